The van der Waals surface area contributed by atoms with Gasteiger partial charge < -0.3 is 29.2 Å². The topological polar surface area (TPSA) is 59.6 Å². The number of anilines is 2. The normalized spacial score (nSPS) is 16.6. The third kappa shape index (κ3) is 5.98. The van der Waals surface area contributed by atoms with Gasteiger partial charge in [0.25, 0.3) is 11.8 Å². The van der Waals surface area contributed by atoms with Crippen molar-refractivity contribution in [1.82, 2.24) is 14.7 Å². The first-order valence-corrected chi connectivity index (χ1v) is 13.9. The van der Waals surface area contributed by atoms with Crippen molar-refractivity contribution in [3.05, 3.63) is 77.9 Å². The second-order valence-corrected chi connectivity index (χ2v) is 10.8. The number of nitrogens with zero attached hydrogens (tertiary/aromatic N) is 5. The number of hydrogen-bond donors (Lipinski definition) is 0. The van der Waals surface area contributed by atoms with Gasteiger partial charge in [0.05, 0.1) is 12.8 Å². The van der Waals surface area contributed by atoms with E-state index in [2.05, 4.69) is 28.8 Å². The molecule has 0 atom stereocenters. The molecule has 0 saturated carbocycles. The van der Waals surface area contributed by atoms with E-state index in [0.29, 0.717) is 11.1 Å². The van der Waals surface area contributed by atoms with E-state index in [1.54, 1.807) is 12.0 Å². The molecule has 0 aromatic heterocycles. The van der Waals surface area contributed by atoms with Crippen LogP contribution in [0.15, 0.2) is 66.7 Å². The van der Waals surface area contributed by atoms with Gasteiger partial charge in [0.15, 0.2) is 0 Å². The largest absolute Gasteiger partial charge is 0.495 e. The maximum Gasteiger partial charge on any atom is 0.258 e. The zero-order valence-electron chi connectivity index (χ0n) is 24.0. The quantitative estimate of drug-likeness (QED) is 0.474. The van der Waals surface area contributed by atoms with Gasteiger partial charge in [-0.3, -0.25) is 9.59 Å². The van der Waals surface area contributed by atoms with Crippen LogP contribution in [0.1, 0.15) is 20.7 Å². The summed E-state index contributed by atoms with van der Waals surface area (Å²) in [5.74, 6) is 0.821. The van der Waals surface area contributed by atoms with Crippen LogP contribution >= 0.6 is 0 Å². The summed E-state index contributed by atoms with van der Waals surface area (Å²) in [7, 11) is 7.71. The monoisotopic (exact) mass is 541 g/mol. The molecule has 2 saturated heterocycles. The highest BCUT2D eigenvalue weighted by Crippen LogP contribution is 2.33. The molecule has 2 fully saturated rings. The standard InChI is InChI=1S/C32H39N5O3/c1-33-15-19-36(20-16-33)29-23-28(13-14-30(29)40-4)35(3)31(38)26-9-5-24(6-10-26)25-7-11-27(12-8-25)32(39)37-21-17-34(2)18-22-37/h5-14,23H,15-22H2,1-4H3. The zero-order valence-corrected chi connectivity index (χ0v) is 24.0. The Balaban J connectivity index is 1.27. The fraction of sp³-hybridized carbons (Fsp3) is 0.375. The fourth-order valence-electron chi connectivity index (χ4n) is 5.30. The molecule has 0 unspecified atom stereocenters. The number of amides is 2. The minimum atomic E-state index is -0.0748. The molecule has 2 amide bonds. The Morgan fingerprint density at radius 3 is 1.77 bits per heavy atom. The zero-order chi connectivity index (χ0) is 28.2. The molecule has 8 nitrogen and oxygen atoms in total. The summed E-state index contributed by atoms with van der Waals surface area (Å²) >= 11 is 0. The van der Waals surface area contributed by atoms with E-state index in [-0.39, 0.29) is 11.8 Å². The van der Waals surface area contributed by atoms with Gasteiger partial charge in [-0.1, -0.05) is 24.3 Å². The minimum absolute atomic E-state index is 0.0748. The van der Waals surface area contributed by atoms with Crippen LogP contribution in [0.25, 0.3) is 11.1 Å². The molecule has 210 valence electrons. The Kier molecular flexibility index (Phi) is 8.38. The lowest BCUT2D eigenvalue weighted by Gasteiger charge is -2.35. The molecular formula is C32H39N5O3. The lowest BCUT2D eigenvalue weighted by Crippen LogP contribution is -2.47. The van der Waals surface area contributed by atoms with Crippen LogP contribution in [0.5, 0.6) is 5.75 Å². The van der Waals surface area contributed by atoms with E-state index in [9.17, 15) is 9.59 Å². The number of benzene rings is 3. The first kappa shape index (κ1) is 27.7. The number of piperazine rings is 2. The molecule has 5 rings (SSSR count). The number of carbonyl (C=O) groups is 2. The first-order valence-electron chi connectivity index (χ1n) is 13.9. The second kappa shape index (κ2) is 12.1. The van der Waals surface area contributed by atoms with Crippen molar-refractivity contribution in [3.63, 3.8) is 0 Å². The van der Waals surface area contributed by atoms with Gasteiger partial charge >= 0.3 is 0 Å². The van der Waals surface area contributed by atoms with Crippen molar-refractivity contribution < 1.29 is 14.3 Å². The van der Waals surface area contributed by atoms with Crippen LogP contribution in [0, 0.1) is 0 Å². The highest BCUT2D eigenvalue weighted by atomic mass is 16.5. The number of carbonyl (C=O) groups excluding carboxylic acids is 2. The Bertz CT molecular complexity index is 1330. The molecule has 3 aromatic rings. The molecule has 0 radical (unpaired) electrons. The van der Waals surface area contributed by atoms with E-state index >= 15 is 0 Å². The SMILES string of the molecule is COc1ccc(N(C)C(=O)c2ccc(-c3ccc(C(=O)N4CCN(C)CC4)cc3)cc2)cc1N1CCN(C)CC1. The first-order chi connectivity index (χ1) is 19.3. The number of rotatable bonds is 6. The lowest BCUT2D eigenvalue weighted by molar-refractivity contribution is 0.0664. The van der Waals surface area contributed by atoms with Crippen molar-refractivity contribution in [2.75, 3.05) is 90.4 Å². The fourth-order valence-corrected chi connectivity index (χ4v) is 5.30. The van der Waals surface area contributed by atoms with Gasteiger partial charge in [-0.25, -0.2) is 0 Å². The van der Waals surface area contributed by atoms with Gasteiger partial charge in [-0.15, -0.1) is 0 Å². The average Bonchev–Trinajstić information content (AvgIpc) is 3.00. The maximum atomic E-state index is 13.4. The third-order valence-electron chi connectivity index (χ3n) is 8.09. The van der Waals surface area contributed by atoms with Gasteiger partial charge in [-0.2, -0.15) is 0 Å². The summed E-state index contributed by atoms with van der Waals surface area (Å²) in [6, 6.07) is 21.3. The molecule has 0 aliphatic carbocycles. The van der Waals surface area contributed by atoms with Crippen molar-refractivity contribution in [2.45, 2.75) is 0 Å². The maximum absolute atomic E-state index is 13.4. The Morgan fingerprint density at radius 2 is 1.23 bits per heavy atom. The van der Waals surface area contributed by atoms with E-state index < -0.39 is 0 Å². The van der Waals surface area contributed by atoms with Crippen molar-refractivity contribution >= 4 is 23.2 Å². The molecule has 0 spiro atoms. The van der Waals surface area contributed by atoms with Gasteiger partial charge in [0.1, 0.15) is 5.75 Å². The molecule has 2 aliphatic heterocycles. The van der Waals surface area contributed by atoms with E-state index in [0.717, 1.165) is 80.6 Å². The summed E-state index contributed by atoms with van der Waals surface area (Å²) < 4.78 is 5.63. The molecule has 0 bridgehead atoms. The Hall–Kier alpha value is -3.88. The number of methoxy groups -OCH3 is 1. The molecule has 8 heteroatoms. The Labute approximate surface area is 237 Å². The summed E-state index contributed by atoms with van der Waals surface area (Å²) in [6.45, 7) is 7.14. The van der Waals surface area contributed by atoms with Crippen LogP contribution in [0.2, 0.25) is 0 Å². The van der Waals surface area contributed by atoms with E-state index in [4.69, 9.17) is 4.74 Å². The summed E-state index contributed by atoms with van der Waals surface area (Å²) in [6.07, 6.45) is 0. The van der Waals surface area contributed by atoms with Crippen molar-refractivity contribution in [2.24, 2.45) is 0 Å². The lowest BCUT2D eigenvalue weighted by atomic mass is 10.0. The van der Waals surface area contributed by atoms with E-state index in [1.807, 2.05) is 78.7 Å². The van der Waals surface area contributed by atoms with Crippen LogP contribution < -0.4 is 14.5 Å². The highest BCUT2D eigenvalue weighted by Gasteiger charge is 2.22. The van der Waals surface area contributed by atoms with Gasteiger partial charge in [-0.05, 0) is 67.7 Å². The molecule has 0 N–H and O–H groups in total. The molecule has 2 heterocycles. The van der Waals surface area contributed by atoms with Gasteiger partial charge in [0.2, 0.25) is 0 Å². The van der Waals surface area contributed by atoms with Crippen molar-refractivity contribution in [1.29, 1.82) is 0 Å². The third-order valence-corrected chi connectivity index (χ3v) is 8.09. The smallest absolute Gasteiger partial charge is 0.258 e. The predicted octanol–water partition coefficient (Wildman–Crippen LogP) is 3.78. The van der Waals surface area contributed by atoms with Crippen LogP contribution in [-0.4, -0.2) is 107 Å². The van der Waals surface area contributed by atoms with E-state index in [1.165, 1.54) is 0 Å². The number of hydrogen-bond acceptors (Lipinski definition) is 6. The van der Waals surface area contributed by atoms with Crippen molar-refractivity contribution in [3.8, 4) is 16.9 Å². The van der Waals surface area contributed by atoms with Gasteiger partial charge in [0, 0.05) is 76.2 Å². The minimum Gasteiger partial charge on any atom is -0.495 e. The molecule has 2 aliphatic rings. The summed E-state index contributed by atoms with van der Waals surface area (Å²) in [4.78, 5) is 36.7. The number of ether oxygens (including phenoxy) is 1. The van der Waals surface area contributed by atoms with Crippen LogP contribution in [0.3, 0.4) is 0 Å². The Morgan fingerprint density at radius 1 is 0.700 bits per heavy atom. The highest BCUT2D eigenvalue weighted by molar-refractivity contribution is 6.06. The number of likely N-dealkylation sites (N-methyl/N-ethyl adjacent to an activating group) is 2. The summed E-state index contributed by atoms with van der Waals surface area (Å²) in [5.41, 5.74) is 5.16. The van der Waals surface area contributed by atoms with Crippen LogP contribution in [0.4, 0.5) is 11.4 Å². The average molecular weight is 542 g/mol. The van der Waals surface area contributed by atoms with Crippen LogP contribution in [-0.2, 0) is 0 Å². The molecule has 3 aromatic carbocycles. The summed E-state index contributed by atoms with van der Waals surface area (Å²) in [5, 5.41) is 0. The second-order valence-electron chi connectivity index (χ2n) is 10.8. The molecule has 40 heavy (non-hydrogen) atoms. The molecular weight excluding hydrogens is 502 g/mol. The predicted molar refractivity (Wildman–Crippen MR) is 161 cm³/mol.